The minimum atomic E-state index is -4.61. The number of nitrogens with one attached hydrogen (secondary N) is 1. The van der Waals surface area contributed by atoms with Crippen molar-refractivity contribution in [3.05, 3.63) is 94.8 Å². The first kappa shape index (κ1) is 24.5. The van der Waals surface area contributed by atoms with Crippen LogP contribution in [0.1, 0.15) is 27.9 Å². The zero-order chi connectivity index (χ0) is 26.0. The highest BCUT2D eigenvalue weighted by Gasteiger charge is 2.32. The normalized spacial score (nSPS) is 11.3. The van der Waals surface area contributed by atoms with E-state index in [-0.39, 0.29) is 23.5 Å². The Morgan fingerprint density at radius 1 is 1.14 bits per heavy atom. The van der Waals surface area contributed by atoms with Gasteiger partial charge in [0.2, 0.25) is 0 Å². The number of amides is 1. The van der Waals surface area contributed by atoms with Crippen LogP contribution >= 0.6 is 0 Å². The van der Waals surface area contributed by atoms with Crippen molar-refractivity contribution in [1.82, 2.24) is 24.5 Å². The summed E-state index contributed by atoms with van der Waals surface area (Å²) in [5.74, 6) is -0.687. The van der Waals surface area contributed by atoms with E-state index in [1.165, 1.54) is 34.7 Å². The van der Waals surface area contributed by atoms with E-state index >= 15 is 0 Å². The fourth-order valence-electron chi connectivity index (χ4n) is 3.86. The summed E-state index contributed by atoms with van der Waals surface area (Å²) < 4.78 is 43.9. The average molecular weight is 493 g/mol. The van der Waals surface area contributed by atoms with Gasteiger partial charge in [-0.3, -0.25) is 14.3 Å². The van der Waals surface area contributed by atoms with Crippen molar-refractivity contribution in [2.45, 2.75) is 12.6 Å². The first-order valence-corrected chi connectivity index (χ1v) is 10.8. The highest BCUT2D eigenvalue weighted by Crippen LogP contribution is 2.31. The van der Waals surface area contributed by atoms with Crippen LogP contribution in [0, 0.1) is 18.3 Å². The van der Waals surface area contributed by atoms with Crippen molar-refractivity contribution in [3.8, 4) is 28.8 Å². The molecule has 4 rings (SSSR count). The lowest BCUT2D eigenvalue weighted by molar-refractivity contribution is -0.137. The van der Waals surface area contributed by atoms with Crippen LogP contribution in [0.4, 0.5) is 13.2 Å². The molecule has 0 bridgehead atoms. The van der Waals surface area contributed by atoms with Crippen LogP contribution in [0.25, 0.3) is 22.8 Å². The molecular weight excluding hydrogens is 473 g/mol. The highest BCUT2D eigenvalue weighted by molar-refractivity contribution is 5.99. The number of carbonyl (C=O) groups excluding carboxylic acids is 1. The number of nitriles is 1. The van der Waals surface area contributed by atoms with E-state index in [1.54, 1.807) is 30.3 Å². The van der Waals surface area contributed by atoms with Crippen molar-refractivity contribution in [2.75, 3.05) is 6.54 Å². The maximum absolute atomic E-state index is 13.5. The lowest BCUT2D eigenvalue weighted by atomic mass is 10.1. The lowest BCUT2D eigenvalue weighted by Crippen LogP contribution is -2.30. The quantitative estimate of drug-likeness (QED) is 0.441. The third-order valence-electron chi connectivity index (χ3n) is 5.50. The van der Waals surface area contributed by atoms with Gasteiger partial charge in [-0.25, -0.2) is 9.36 Å². The molecule has 36 heavy (non-hydrogen) atoms. The molecule has 1 radical (unpaired) electrons. The summed E-state index contributed by atoms with van der Waals surface area (Å²) in [5, 5.41) is 16.0. The lowest BCUT2D eigenvalue weighted by Gasteiger charge is -2.14. The van der Waals surface area contributed by atoms with E-state index in [0.29, 0.717) is 23.4 Å². The van der Waals surface area contributed by atoms with Crippen LogP contribution in [0.3, 0.4) is 0 Å². The standard InChI is InChI=1S/C25H20F3N6O2/c1-3-12-30-23(35)21-22(20-11-13-31-33(20)18-9-7-16(15-29)8-10-18)32(2)34(24(21)36)19-6-4-5-17(14-19)25(26,27)28/h4-11,13-14H,1,3,12H2,2H3,(H,30,35). The van der Waals surface area contributed by atoms with Crippen LogP contribution in [0.5, 0.6) is 0 Å². The van der Waals surface area contributed by atoms with Gasteiger partial charge in [-0.15, -0.1) is 0 Å². The Kier molecular flexibility index (Phi) is 6.53. The topological polar surface area (TPSA) is 97.6 Å². The minimum Gasteiger partial charge on any atom is -0.352 e. The number of hydrogen-bond acceptors (Lipinski definition) is 4. The maximum Gasteiger partial charge on any atom is 0.416 e. The molecule has 2 aromatic carbocycles. The van der Waals surface area contributed by atoms with E-state index < -0.39 is 23.2 Å². The Bertz CT molecular complexity index is 1520. The number of alkyl halides is 3. The molecule has 0 unspecified atom stereocenters. The molecule has 0 aliphatic carbocycles. The van der Waals surface area contributed by atoms with Gasteiger partial charge in [-0.05, 0) is 55.0 Å². The Morgan fingerprint density at radius 2 is 1.86 bits per heavy atom. The summed E-state index contributed by atoms with van der Waals surface area (Å²) in [6, 6.07) is 14.4. The zero-order valence-corrected chi connectivity index (χ0v) is 19.1. The number of halogens is 3. The molecule has 11 heteroatoms. The number of carbonyl (C=O) groups is 1. The smallest absolute Gasteiger partial charge is 0.352 e. The largest absolute Gasteiger partial charge is 0.416 e. The van der Waals surface area contributed by atoms with E-state index in [1.807, 2.05) is 6.07 Å². The van der Waals surface area contributed by atoms with Crippen LogP contribution < -0.4 is 10.9 Å². The Hall–Kier alpha value is -4.59. The third-order valence-corrected chi connectivity index (χ3v) is 5.50. The van der Waals surface area contributed by atoms with Gasteiger partial charge in [0.05, 0.1) is 40.5 Å². The molecule has 0 saturated heterocycles. The SMILES string of the molecule is [CH2]CCNC(=O)c1c(-c2ccnn2-c2ccc(C#N)cc2)n(C)n(-c2cccc(C(F)(F)F)c2)c1=O. The molecule has 1 N–H and O–H groups in total. The van der Waals surface area contributed by atoms with Crippen LogP contribution in [-0.2, 0) is 13.2 Å². The third kappa shape index (κ3) is 4.40. The van der Waals surface area contributed by atoms with Crippen molar-refractivity contribution in [3.63, 3.8) is 0 Å². The summed E-state index contributed by atoms with van der Waals surface area (Å²) >= 11 is 0. The monoisotopic (exact) mass is 493 g/mol. The van der Waals surface area contributed by atoms with Gasteiger partial charge in [0.1, 0.15) is 11.3 Å². The van der Waals surface area contributed by atoms with Gasteiger partial charge in [0, 0.05) is 13.6 Å². The van der Waals surface area contributed by atoms with Gasteiger partial charge in [-0.2, -0.15) is 23.5 Å². The highest BCUT2D eigenvalue weighted by atomic mass is 19.4. The summed E-state index contributed by atoms with van der Waals surface area (Å²) in [5.41, 5.74) is -0.536. The van der Waals surface area contributed by atoms with E-state index in [4.69, 9.17) is 5.26 Å². The van der Waals surface area contributed by atoms with E-state index in [9.17, 15) is 22.8 Å². The molecule has 0 fully saturated rings. The first-order valence-electron chi connectivity index (χ1n) is 10.8. The number of aromatic nitrogens is 4. The van der Waals surface area contributed by atoms with Crippen molar-refractivity contribution in [2.24, 2.45) is 7.05 Å². The molecule has 2 aromatic heterocycles. The minimum absolute atomic E-state index is 0.0563. The van der Waals surface area contributed by atoms with Gasteiger partial charge < -0.3 is 5.32 Å². The maximum atomic E-state index is 13.5. The second kappa shape index (κ2) is 9.58. The molecule has 2 heterocycles. The summed E-state index contributed by atoms with van der Waals surface area (Å²) in [7, 11) is 1.48. The summed E-state index contributed by atoms with van der Waals surface area (Å²) in [6.07, 6.45) is -2.77. The van der Waals surface area contributed by atoms with Crippen LogP contribution in [0.15, 0.2) is 65.6 Å². The summed E-state index contributed by atoms with van der Waals surface area (Å²) in [6.45, 7) is 3.87. The fraction of sp³-hybridized carbons (Fsp3) is 0.160. The number of nitrogens with zero attached hydrogens (tertiary/aromatic N) is 5. The number of rotatable bonds is 6. The molecule has 0 saturated carbocycles. The Morgan fingerprint density at radius 3 is 2.50 bits per heavy atom. The van der Waals surface area contributed by atoms with Crippen LogP contribution in [-0.4, -0.2) is 31.6 Å². The van der Waals surface area contributed by atoms with E-state index in [0.717, 1.165) is 16.8 Å². The fourth-order valence-corrected chi connectivity index (χ4v) is 3.86. The molecule has 1 amide bonds. The van der Waals surface area contributed by atoms with Crippen LogP contribution in [0.2, 0.25) is 0 Å². The Balaban J connectivity index is 1.97. The van der Waals surface area contributed by atoms with Gasteiger partial charge >= 0.3 is 6.18 Å². The van der Waals surface area contributed by atoms with Gasteiger partial charge in [-0.1, -0.05) is 13.0 Å². The molecule has 0 atom stereocenters. The first-order chi connectivity index (χ1) is 17.2. The second-order valence-corrected chi connectivity index (χ2v) is 7.81. The second-order valence-electron chi connectivity index (χ2n) is 7.81. The zero-order valence-electron chi connectivity index (χ0n) is 19.1. The van der Waals surface area contributed by atoms with E-state index in [2.05, 4.69) is 17.3 Å². The predicted molar refractivity (Wildman–Crippen MR) is 126 cm³/mol. The molecule has 0 aliphatic rings. The van der Waals surface area contributed by atoms with Crippen molar-refractivity contribution >= 4 is 5.91 Å². The van der Waals surface area contributed by atoms with Gasteiger partial charge in [0.15, 0.2) is 0 Å². The molecule has 0 aliphatic heterocycles. The Labute approximate surface area is 203 Å². The molecule has 0 spiro atoms. The number of benzene rings is 2. The molecular formula is C25H20F3N6O2. The summed E-state index contributed by atoms with van der Waals surface area (Å²) in [4.78, 5) is 26.6. The molecule has 4 aromatic rings. The number of hydrogen-bond donors (Lipinski definition) is 1. The van der Waals surface area contributed by atoms with Crippen molar-refractivity contribution < 1.29 is 18.0 Å². The molecule has 8 nitrogen and oxygen atoms in total. The predicted octanol–water partition coefficient (Wildman–Crippen LogP) is 3.87. The van der Waals surface area contributed by atoms with Crippen molar-refractivity contribution in [1.29, 1.82) is 5.26 Å². The molecule has 183 valence electrons. The average Bonchev–Trinajstić information content (AvgIpc) is 3.44. The van der Waals surface area contributed by atoms with Gasteiger partial charge in [0.25, 0.3) is 11.5 Å².